The molecule has 5 rings (SSSR count). The Morgan fingerprint density at radius 2 is 2.10 bits per heavy atom. The number of aryl methyl sites for hydroxylation is 1. The maximum atomic E-state index is 13.5. The molecule has 1 amide bonds. The second kappa shape index (κ2) is 7.25. The van der Waals surface area contributed by atoms with E-state index < -0.39 is 0 Å². The normalized spacial score (nSPS) is 29.3. The molecule has 0 saturated carbocycles. The molecule has 1 aromatic carbocycles. The summed E-state index contributed by atoms with van der Waals surface area (Å²) in [5, 5.41) is 9.83. The van der Waals surface area contributed by atoms with E-state index in [-0.39, 0.29) is 59.5 Å². The number of rotatable bonds is 5. The second-order valence-corrected chi connectivity index (χ2v) is 8.64. The van der Waals surface area contributed by atoms with E-state index >= 15 is 0 Å². The lowest BCUT2D eigenvalue weighted by atomic mass is 9.74. The fraction of sp³-hybridized carbons (Fsp3) is 0.478. The summed E-state index contributed by atoms with van der Waals surface area (Å²) in [6, 6.07) is 11.0. The minimum Gasteiger partial charge on any atom is -0.483 e. The van der Waals surface area contributed by atoms with E-state index in [0.717, 1.165) is 18.4 Å². The number of hydrogen-bond donors (Lipinski definition) is 1. The number of likely N-dealkylation sites (tertiary alicyclic amines) is 1. The topological polar surface area (TPSA) is 81.0 Å². The van der Waals surface area contributed by atoms with Gasteiger partial charge >= 0.3 is 0 Å². The van der Waals surface area contributed by atoms with Gasteiger partial charge in [-0.25, -0.2) is 0 Å². The quantitative estimate of drug-likeness (QED) is 0.810. The van der Waals surface area contributed by atoms with Gasteiger partial charge in [0.1, 0.15) is 6.61 Å². The number of pyridine rings is 1. The summed E-state index contributed by atoms with van der Waals surface area (Å²) in [6.07, 6.45) is 3.54. The van der Waals surface area contributed by atoms with Crippen molar-refractivity contribution in [2.24, 2.45) is 18.9 Å². The van der Waals surface area contributed by atoms with Crippen LogP contribution in [0.4, 0.5) is 0 Å². The fourth-order valence-electron chi connectivity index (χ4n) is 5.46. The lowest BCUT2D eigenvalue weighted by Gasteiger charge is -2.27. The molecule has 7 nitrogen and oxygen atoms in total. The van der Waals surface area contributed by atoms with Gasteiger partial charge < -0.3 is 24.0 Å². The summed E-state index contributed by atoms with van der Waals surface area (Å²) in [4.78, 5) is 27.9. The molecule has 0 aliphatic carbocycles. The molecule has 3 fully saturated rings. The third-order valence-corrected chi connectivity index (χ3v) is 6.95. The van der Waals surface area contributed by atoms with Crippen molar-refractivity contribution in [1.29, 1.82) is 0 Å². The molecule has 1 N–H and O–H groups in total. The molecule has 158 valence electrons. The highest BCUT2D eigenvalue weighted by atomic mass is 16.5. The Hall–Kier alpha value is -2.64. The van der Waals surface area contributed by atoms with Gasteiger partial charge in [-0.05, 0) is 18.4 Å². The molecule has 3 saturated heterocycles. The summed E-state index contributed by atoms with van der Waals surface area (Å²) >= 11 is 0. The molecule has 0 unspecified atom stereocenters. The van der Waals surface area contributed by atoms with Crippen LogP contribution in [0, 0.1) is 11.8 Å². The molecular weight excluding hydrogens is 384 g/mol. The van der Waals surface area contributed by atoms with Crippen LogP contribution >= 0.6 is 0 Å². The van der Waals surface area contributed by atoms with Crippen molar-refractivity contribution in [3.8, 4) is 5.75 Å². The van der Waals surface area contributed by atoms with Gasteiger partial charge in [0.25, 0.3) is 5.91 Å². The van der Waals surface area contributed by atoms with Gasteiger partial charge in [-0.2, -0.15) is 0 Å². The predicted octanol–water partition coefficient (Wildman–Crippen LogP) is 1.58. The van der Waals surface area contributed by atoms with E-state index in [1.807, 2.05) is 30.3 Å². The number of nitrogens with zero attached hydrogens (tertiary/aromatic N) is 2. The van der Waals surface area contributed by atoms with Crippen LogP contribution in [0.1, 0.15) is 28.9 Å². The molecule has 4 atom stereocenters. The Balaban J connectivity index is 1.42. The van der Waals surface area contributed by atoms with Crippen LogP contribution in [0.2, 0.25) is 0 Å². The van der Waals surface area contributed by atoms with E-state index in [1.54, 1.807) is 22.7 Å². The first kappa shape index (κ1) is 19.3. The number of ether oxygens (including phenoxy) is 2. The first-order chi connectivity index (χ1) is 14.5. The second-order valence-electron chi connectivity index (χ2n) is 8.64. The smallest absolute Gasteiger partial charge is 0.274 e. The van der Waals surface area contributed by atoms with Gasteiger partial charge in [-0.3, -0.25) is 9.59 Å². The highest BCUT2D eigenvalue weighted by molar-refractivity contribution is 5.95. The van der Waals surface area contributed by atoms with Gasteiger partial charge in [0, 0.05) is 44.3 Å². The van der Waals surface area contributed by atoms with Crippen LogP contribution < -0.4 is 10.2 Å². The van der Waals surface area contributed by atoms with E-state index in [0.29, 0.717) is 13.1 Å². The largest absolute Gasteiger partial charge is 0.483 e. The average molecular weight is 410 g/mol. The number of carbonyl (C=O) groups excluding carboxylic acids is 1. The van der Waals surface area contributed by atoms with Crippen LogP contribution in [0.5, 0.6) is 5.75 Å². The molecule has 1 aromatic heterocycles. The van der Waals surface area contributed by atoms with Gasteiger partial charge in [-0.1, -0.05) is 30.3 Å². The number of aliphatic hydroxyl groups is 1. The number of aromatic nitrogens is 1. The van der Waals surface area contributed by atoms with Gasteiger partial charge in [0.05, 0.1) is 18.2 Å². The van der Waals surface area contributed by atoms with Gasteiger partial charge in [0.2, 0.25) is 5.43 Å². The number of aliphatic hydroxyl groups excluding tert-OH is 1. The minimum atomic E-state index is -0.355. The molecule has 7 heteroatoms. The van der Waals surface area contributed by atoms with Crippen LogP contribution in [0.25, 0.3) is 0 Å². The van der Waals surface area contributed by atoms with E-state index in [2.05, 4.69) is 0 Å². The van der Waals surface area contributed by atoms with Crippen molar-refractivity contribution in [1.82, 2.24) is 9.47 Å². The Morgan fingerprint density at radius 1 is 1.30 bits per heavy atom. The SMILES string of the molecule is Cn1ccc(=O)c(OCc2ccccc2)c1C(=O)N1C[C@H]2[C@@H](CO)[C@@H]3CC[C@@]2(C1)O3. The summed E-state index contributed by atoms with van der Waals surface area (Å²) in [6.45, 7) is 1.31. The molecule has 2 bridgehead atoms. The third-order valence-electron chi connectivity index (χ3n) is 6.95. The predicted molar refractivity (Wildman–Crippen MR) is 109 cm³/mol. The zero-order valence-corrected chi connectivity index (χ0v) is 17.0. The molecule has 0 radical (unpaired) electrons. The Kier molecular flexibility index (Phi) is 4.67. The first-order valence-corrected chi connectivity index (χ1v) is 10.5. The first-order valence-electron chi connectivity index (χ1n) is 10.5. The van der Waals surface area contributed by atoms with Crippen LogP contribution in [0.15, 0.2) is 47.4 Å². The average Bonchev–Trinajstić information content (AvgIpc) is 3.42. The maximum absolute atomic E-state index is 13.5. The molecule has 3 aliphatic rings. The van der Waals surface area contributed by atoms with Crippen molar-refractivity contribution >= 4 is 5.91 Å². The van der Waals surface area contributed by atoms with Crippen molar-refractivity contribution in [3.05, 3.63) is 64.1 Å². The Bertz CT molecular complexity index is 1020. The lowest BCUT2D eigenvalue weighted by Crippen LogP contribution is -2.38. The van der Waals surface area contributed by atoms with E-state index in [9.17, 15) is 14.7 Å². The standard InChI is InChI=1S/C23H26N2O5/c1-24-10-8-18(27)21(29-13-15-5-3-2-4-6-15)20(24)22(28)25-11-17-16(12-26)19-7-9-23(17,14-25)30-19/h2-6,8,10,16-17,19,26H,7,9,11-14H2,1H3/t16-,17+,19+,23+/m1/s1. The monoisotopic (exact) mass is 410 g/mol. The molecular formula is C23H26N2O5. The van der Waals surface area contributed by atoms with Crippen LogP contribution in [-0.2, 0) is 18.4 Å². The van der Waals surface area contributed by atoms with Gasteiger partial charge in [-0.15, -0.1) is 0 Å². The van der Waals surface area contributed by atoms with Crippen LogP contribution in [0.3, 0.4) is 0 Å². The van der Waals surface area contributed by atoms with Crippen LogP contribution in [-0.4, -0.2) is 51.9 Å². The molecule has 2 aromatic rings. The van der Waals surface area contributed by atoms with Gasteiger partial charge in [0.15, 0.2) is 11.4 Å². The minimum absolute atomic E-state index is 0.0740. The zero-order valence-electron chi connectivity index (χ0n) is 17.0. The Morgan fingerprint density at radius 3 is 2.87 bits per heavy atom. The number of fused-ring (bicyclic) bond motifs is 1. The molecule has 3 aliphatic heterocycles. The van der Waals surface area contributed by atoms with Crippen molar-refractivity contribution < 1.29 is 19.4 Å². The van der Waals surface area contributed by atoms with Crippen molar-refractivity contribution in [2.75, 3.05) is 19.7 Å². The highest BCUT2D eigenvalue weighted by Crippen LogP contribution is 2.54. The lowest BCUT2D eigenvalue weighted by molar-refractivity contribution is 0.00137. The number of hydrogen-bond acceptors (Lipinski definition) is 5. The molecule has 30 heavy (non-hydrogen) atoms. The number of benzene rings is 1. The summed E-state index contributed by atoms with van der Waals surface area (Å²) < 4.78 is 13.7. The van der Waals surface area contributed by atoms with E-state index in [4.69, 9.17) is 9.47 Å². The molecule has 1 spiro atoms. The summed E-state index contributed by atoms with van der Waals surface area (Å²) in [5.74, 6) is 0.0580. The number of amides is 1. The molecule has 4 heterocycles. The highest BCUT2D eigenvalue weighted by Gasteiger charge is 2.63. The fourth-order valence-corrected chi connectivity index (χ4v) is 5.46. The summed E-state index contributed by atoms with van der Waals surface area (Å²) in [5.41, 5.74) is 0.514. The van der Waals surface area contributed by atoms with Crippen molar-refractivity contribution in [2.45, 2.75) is 31.2 Å². The number of carbonyl (C=O) groups is 1. The van der Waals surface area contributed by atoms with E-state index in [1.165, 1.54) is 6.07 Å². The maximum Gasteiger partial charge on any atom is 0.274 e. The summed E-state index contributed by atoms with van der Waals surface area (Å²) in [7, 11) is 1.75. The Labute approximate surface area is 174 Å². The van der Waals surface area contributed by atoms with Crippen molar-refractivity contribution in [3.63, 3.8) is 0 Å². The zero-order chi connectivity index (χ0) is 20.9. The third kappa shape index (κ3) is 2.96.